The van der Waals surface area contributed by atoms with E-state index in [2.05, 4.69) is 0 Å². The van der Waals surface area contributed by atoms with Gasteiger partial charge in [-0.05, 0) is 35.9 Å². The van der Waals surface area contributed by atoms with Gasteiger partial charge in [0.15, 0.2) is 0 Å². The topological polar surface area (TPSA) is 73.1 Å². The predicted octanol–water partition coefficient (Wildman–Crippen LogP) is -2.64. The van der Waals surface area contributed by atoms with E-state index >= 15 is 0 Å². The number of carboxylic acid groups (broad SMARTS) is 1. The Bertz CT molecular complexity index is 432. The zero-order chi connectivity index (χ0) is 11.3. The molecule has 0 unspecified atom stereocenters. The van der Waals surface area contributed by atoms with Crippen molar-refractivity contribution >= 4 is 11.5 Å². The van der Waals surface area contributed by atoms with Crippen LogP contribution in [0.5, 0.6) is 5.75 Å². The maximum absolute atomic E-state index is 10.3. The molecule has 0 saturated heterocycles. The fourth-order valence-corrected chi connectivity index (χ4v) is 1.07. The zero-order valence-corrected chi connectivity index (χ0v) is 12.2. The maximum Gasteiger partial charge on any atom is 1.00 e. The molecule has 1 rings (SSSR count). The Morgan fingerprint density at radius 2 is 2.00 bits per heavy atom. The van der Waals surface area contributed by atoms with Crippen LogP contribution in [0, 0.1) is 11.3 Å². The minimum absolute atomic E-state index is 0. The first-order valence-corrected chi connectivity index (χ1v) is 4.14. The molecule has 4 nitrogen and oxygen atoms in total. The molecule has 0 amide bonds. The number of hydrogen-bond acceptors (Lipinski definition) is 4. The second kappa shape index (κ2) is 7.60. The number of aliphatic carboxylic acids is 1. The second-order valence-corrected chi connectivity index (χ2v) is 2.72. The summed E-state index contributed by atoms with van der Waals surface area (Å²) in [6, 6.07) is 8.30. The summed E-state index contributed by atoms with van der Waals surface area (Å²) in [5, 5.41) is 19.0. The molecule has 0 spiro atoms. The van der Waals surface area contributed by atoms with Crippen molar-refractivity contribution in [2.45, 2.75) is 0 Å². The molecular formula is C11H8KNO3. The molecule has 0 bridgehead atoms. The van der Waals surface area contributed by atoms with Crippen LogP contribution in [0.15, 0.2) is 30.3 Å². The maximum atomic E-state index is 10.3. The van der Waals surface area contributed by atoms with E-state index < -0.39 is 5.97 Å². The van der Waals surface area contributed by atoms with Gasteiger partial charge < -0.3 is 14.6 Å². The fraction of sp³-hybridized carbons (Fsp3) is 0.0909. The van der Waals surface area contributed by atoms with Crippen LogP contribution in [0.25, 0.3) is 5.57 Å². The summed E-state index contributed by atoms with van der Waals surface area (Å²) in [6.45, 7) is 0. The molecule has 0 radical (unpaired) electrons. The summed E-state index contributed by atoms with van der Waals surface area (Å²) in [5.41, 5.74) is 0.570. The van der Waals surface area contributed by atoms with Gasteiger partial charge in [0.2, 0.25) is 0 Å². The summed E-state index contributed by atoms with van der Waals surface area (Å²) in [5.74, 6) is -0.744. The molecule has 0 aliphatic rings. The van der Waals surface area contributed by atoms with E-state index in [1.807, 2.05) is 0 Å². The van der Waals surface area contributed by atoms with Crippen LogP contribution in [0.2, 0.25) is 0 Å². The monoisotopic (exact) mass is 241 g/mol. The van der Waals surface area contributed by atoms with Crippen LogP contribution in [0.4, 0.5) is 0 Å². The summed E-state index contributed by atoms with van der Waals surface area (Å²) in [7, 11) is 1.53. The molecule has 0 fully saturated rings. The van der Waals surface area contributed by atoms with Crippen LogP contribution >= 0.6 is 0 Å². The first-order valence-electron chi connectivity index (χ1n) is 4.14. The Balaban J connectivity index is 0.00000225. The quantitative estimate of drug-likeness (QED) is 0.329. The number of benzene rings is 1. The summed E-state index contributed by atoms with van der Waals surface area (Å²) < 4.78 is 4.93. The number of ether oxygens (including phenoxy) is 1. The Morgan fingerprint density at radius 1 is 1.44 bits per heavy atom. The number of carboxylic acids is 1. The molecule has 76 valence electrons. The van der Waals surface area contributed by atoms with Gasteiger partial charge in [-0.1, -0.05) is 0 Å². The van der Waals surface area contributed by atoms with E-state index in [1.54, 1.807) is 30.3 Å². The minimum atomic E-state index is -1.39. The number of nitriles is 1. The molecule has 1 aromatic carbocycles. The molecular weight excluding hydrogens is 233 g/mol. The van der Waals surface area contributed by atoms with Crippen molar-refractivity contribution in [1.29, 1.82) is 5.26 Å². The van der Waals surface area contributed by atoms with Crippen LogP contribution in [0.3, 0.4) is 0 Å². The van der Waals surface area contributed by atoms with Gasteiger partial charge in [0.25, 0.3) is 0 Å². The largest absolute Gasteiger partial charge is 1.00 e. The number of allylic oxidation sites excluding steroid dienone is 1. The summed E-state index contributed by atoms with van der Waals surface area (Å²) in [6.07, 6.45) is 0.766. The van der Waals surface area contributed by atoms with Crippen molar-refractivity contribution in [3.05, 3.63) is 35.9 Å². The average molecular weight is 241 g/mol. The van der Waals surface area contributed by atoms with Crippen molar-refractivity contribution in [3.8, 4) is 11.8 Å². The Hall–Kier alpha value is -0.644. The van der Waals surface area contributed by atoms with E-state index in [9.17, 15) is 9.90 Å². The third-order valence-electron chi connectivity index (χ3n) is 1.78. The molecule has 0 aliphatic heterocycles. The van der Waals surface area contributed by atoms with Crippen molar-refractivity contribution in [2.75, 3.05) is 7.11 Å². The standard InChI is InChI=1S/C11H9NO3.K/c1-15-10-4-2-8(3-5-10)9(7-12)6-11(13)14;/h2-6H,1H3,(H,13,14);/q;+1/p-1/b9-6-;. The molecule has 5 heteroatoms. The average Bonchev–Trinajstić information content (AvgIpc) is 2.26. The van der Waals surface area contributed by atoms with Gasteiger partial charge in [-0.15, -0.1) is 0 Å². The SMILES string of the molecule is COc1ccc(/C(C#N)=C\C(=O)[O-])cc1.[K+]. The summed E-state index contributed by atoms with van der Waals surface area (Å²) in [4.78, 5) is 10.3. The van der Waals surface area contributed by atoms with Crippen LogP contribution < -0.4 is 61.2 Å². The van der Waals surface area contributed by atoms with E-state index in [1.165, 1.54) is 7.11 Å². The first-order chi connectivity index (χ1) is 7.17. The Labute approximate surface area is 136 Å². The molecule has 1 aromatic rings. The van der Waals surface area contributed by atoms with Gasteiger partial charge in [0.05, 0.1) is 24.7 Å². The Kier molecular flexibility index (Phi) is 7.29. The van der Waals surface area contributed by atoms with Gasteiger partial charge in [0.1, 0.15) is 5.75 Å². The van der Waals surface area contributed by atoms with Crippen molar-refractivity contribution in [3.63, 3.8) is 0 Å². The molecule has 0 aliphatic carbocycles. The molecule has 0 aromatic heterocycles. The Morgan fingerprint density at radius 3 is 2.38 bits per heavy atom. The number of nitrogens with zero attached hydrogens (tertiary/aromatic N) is 1. The predicted molar refractivity (Wildman–Crippen MR) is 51.6 cm³/mol. The zero-order valence-electron chi connectivity index (χ0n) is 9.06. The van der Waals surface area contributed by atoms with Crippen LogP contribution in [0.1, 0.15) is 5.56 Å². The van der Waals surface area contributed by atoms with Gasteiger partial charge in [0, 0.05) is 0 Å². The van der Waals surface area contributed by atoms with E-state index in [0.717, 1.165) is 6.08 Å². The number of carbonyl (C=O) groups excluding carboxylic acids is 1. The third-order valence-corrected chi connectivity index (χ3v) is 1.78. The molecule has 0 heterocycles. The van der Waals surface area contributed by atoms with Crippen LogP contribution in [-0.4, -0.2) is 13.1 Å². The number of hydrogen-bond donors (Lipinski definition) is 0. The van der Waals surface area contributed by atoms with Gasteiger partial charge in [-0.25, -0.2) is 0 Å². The number of rotatable bonds is 3. The second-order valence-electron chi connectivity index (χ2n) is 2.72. The first kappa shape index (κ1) is 15.4. The number of methoxy groups -OCH3 is 1. The smallest absolute Gasteiger partial charge is 0.545 e. The minimum Gasteiger partial charge on any atom is -0.545 e. The fourth-order valence-electron chi connectivity index (χ4n) is 1.07. The third kappa shape index (κ3) is 4.47. The number of carbonyl (C=O) groups is 1. The van der Waals surface area contributed by atoms with Gasteiger partial charge in [-0.3, -0.25) is 0 Å². The van der Waals surface area contributed by atoms with Crippen molar-refractivity contribution < 1.29 is 66.0 Å². The molecule has 0 saturated carbocycles. The van der Waals surface area contributed by atoms with Crippen LogP contribution in [-0.2, 0) is 4.79 Å². The normalized spacial score (nSPS) is 9.88. The summed E-state index contributed by atoms with van der Waals surface area (Å²) >= 11 is 0. The van der Waals surface area contributed by atoms with Crippen molar-refractivity contribution in [2.24, 2.45) is 0 Å². The van der Waals surface area contributed by atoms with E-state index in [0.29, 0.717) is 11.3 Å². The molecule has 0 atom stereocenters. The van der Waals surface area contributed by atoms with Crippen molar-refractivity contribution in [1.82, 2.24) is 0 Å². The van der Waals surface area contributed by atoms with E-state index in [4.69, 9.17) is 10.00 Å². The molecule has 0 N–H and O–H groups in total. The van der Waals surface area contributed by atoms with Gasteiger partial charge >= 0.3 is 51.4 Å². The molecule has 16 heavy (non-hydrogen) atoms. The van der Waals surface area contributed by atoms with Gasteiger partial charge in [-0.2, -0.15) is 5.26 Å². The van der Waals surface area contributed by atoms with E-state index in [-0.39, 0.29) is 57.0 Å².